The second-order valence-electron chi connectivity index (χ2n) is 7.39. The average molecular weight is 463 g/mol. The third-order valence-corrected chi connectivity index (χ3v) is 5.86. The van der Waals surface area contributed by atoms with Crippen molar-refractivity contribution in [3.8, 4) is 5.75 Å². The van der Waals surface area contributed by atoms with Gasteiger partial charge in [-0.15, -0.1) is 5.11 Å². The van der Waals surface area contributed by atoms with Crippen LogP contribution in [-0.4, -0.2) is 19.6 Å². The minimum absolute atomic E-state index is 0. The van der Waals surface area contributed by atoms with Crippen LogP contribution in [0.3, 0.4) is 0 Å². The zero-order valence-corrected chi connectivity index (χ0v) is 21.5. The molecule has 3 rings (SSSR count). The fourth-order valence-corrected chi connectivity index (χ4v) is 3.79. The van der Waals surface area contributed by atoms with Gasteiger partial charge in [-0.1, -0.05) is 63.3 Å². The van der Waals surface area contributed by atoms with E-state index in [-0.39, 0.29) is 34.5 Å². The summed E-state index contributed by atoms with van der Waals surface area (Å²) < 4.78 is 39.1. The zero-order valence-electron chi connectivity index (χ0n) is 18.7. The fourth-order valence-electron chi connectivity index (χ4n) is 3.32. The van der Waals surface area contributed by atoms with Crippen LogP contribution in [0, 0.1) is 0 Å². The van der Waals surface area contributed by atoms with Crippen molar-refractivity contribution in [3.63, 3.8) is 0 Å². The van der Waals surface area contributed by atoms with Crippen molar-refractivity contribution in [3.05, 3.63) is 60.7 Å². The topological polar surface area (TPSA) is 91.2 Å². The molecule has 0 aromatic heterocycles. The first kappa shape index (κ1) is 26.5. The first-order valence-corrected chi connectivity index (χ1v) is 12.0. The summed E-state index contributed by atoms with van der Waals surface area (Å²) in [5, 5.41) is 10.4. The van der Waals surface area contributed by atoms with Crippen molar-refractivity contribution >= 4 is 32.3 Å². The van der Waals surface area contributed by atoms with Crippen LogP contribution in [0.25, 0.3) is 10.8 Å². The van der Waals surface area contributed by atoms with E-state index in [0.29, 0.717) is 18.0 Å². The Morgan fingerprint density at radius 1 is 0.812 bits per heavy atom. The van der Waals surface area contributed by atoms with Gasteiger partial charge in [0.05, 0.1) is 22.9 Å². The third-order valence-electron chi connectivity index (χ3n) is 5.02. The second kappa shape index (κ2) is 13.1. The van der Waals surface area contributed by atoms with Crippen molar-refractivity contribution in [1.82, 2.24) is 0 Å². The molecule has 3 aromatic carbocycles. The molecule has 0 spiro atoms. The number of benzene rings is 3. The molecule has 0 N–H and O–H groups in total. The minimum Gasteiger partial charge on any atom is -0.744 e. The van der Waals surface area contributed by atoms with E-state index in [1.54, 1.807) is 0 Å². The van der Waals surface area contributed by atoms with Crippen LogP contribution in [0.2, 0.25) is 0 Å². The molecule has 0 aliphatic rings. The number of fused-ring (bicyclic) bond motifs is 1. The monoisotopic (exact) mass is 462 g/mol. The summed E-state index contributed by atoms with van der Waals surface area (Å²) in [5.74, 6) is 0.827. The van der Waals surface area contributed by atoms with Gasteiger partial charge >= 0.3 is 29.6 Å². The molecule has 0 atom stereocenters. The number of azo groups is 1. The third kappa shape index (κ3) is 7.67. The van der Waals surface area contributed by atoms with Gasteiger partial charge in [0.1, 0.15) is 15.9 Å². The van der Waals surface area contributed by atoms with E-state index in [4.69, 9.17) is 4.74 Å². The minimum atomic E-state index is -4.47. The largest absolute Gasteiger partial charge is 1.00 e. The molecule has 0 aliphatic carbocycles. The van der Waals surface area contributed by atoms with Crippen molar-refractivity contribution < 1.29 is 47.3 Å². The summed E-state index contributed by atoms with van der Waals surface area (Å²) in [6.07, 6.45) is 7.29. The number of hydrogen-bond acceptors (Lipinski definition) is 6. The number of nitrogens with zero attached hydrogens (tertiary/aromatic N) is 2. The molecule has 0 radical (unpaired) electrons. The second-order valence-corrected chi connectivity index (χ2v) is 8.77. The fraction of sp³-hybridized carbons (Fsp3) is 0.333. The molecule has 0 heterocycles. The quantitative estimate of drug-likeness (QED) is 0.187. The molecule has 32 heavy (non-hydrogen) atoms. The summed E-state index contributed by atoms with van der Waals surface area (Å²) in [7, 11) is -4.47. The Morgan fingerprint density at radius 3 is 2.16 bits per heavy atom. The van der Waals surface area contributed by atoms with Crippen LogP contribution in [0.4, 0.5) is 11.4 Å². The molecule has 8 heteroatoms. The van der Waals surface area contributed by atoms with Crippen molar-refractivity contribution in [2.24, 2.45) is 10.2 Å². The number of ether oxygens (including phenoxy) is 1. The summed E-state index contributed by atoms with van der Waals surface area (Å²) in [4.78, 5) is -0.288. The molecule has 0 saturated carbocycles. The Morgan fingerprint density at radius 2 is 1.47 bits per heavy atom. The number of rotatable bonds is 11. The van der Waals surface area contributed by atoms with Crippen molar-refractivity contribution in [1.29, 1.82) is 0 Å². The Labute approximate surface area is 212 Å². The van der Waals surface area contributed by atoms with E-state index in [9.17, 15) is 13.0 Å². The van der Waals surface area contributed by atoms with Gasteiger partial charge in [-0.05, 0) is 42.8 Å². The van der Waals surface area contributed by atoms with E-state index in [2.05, 4.69) is 17.2 Å². The first-order valence-electron chi connectivity index (χ1n) is 10.6. The Bertz CT molecular complexity index is 1130. The van der Waals surface area contributed by atoms with E-state index in [1.807, 2.05) is 36.4 Å². The Hall–Kier alpha value is -1.77. The molecule has 6 nitrogen and oxygen atoms in total. The summed E-state index contributed by atoms with van der Waals surface area (Å²) in [6.45, 7) is 2.90. The summed E-state index contributed by atoms with van der Waals surface area (Å²) >= 11 is 0. The summed E-state index contributed by atoms with van der Waals surface area (Å²) in [6, 6.07) is 17.0. The smallest absolute Gasteiger partial charge is 0.744 e. The molecule has 0 amide bonds. The summed E-state index contributed by atoms with van der Waals surface area (Å²) in [5.41, 5.74) is 1.14. The van der Waals surface area contributed by atoms with Gasteiger partial charge < -0.3 is 9.29 Å². The molecule has 0 fully saturated rings. The molecule has 3 aromatic rings. The van der Waals surface area contributed by atoms with Gasteiger partial charge in [0.2, 0.25) is 0 Å². The average Bonchev–Trinajstić information content (AvgIpc) is 2.77. The Balaban J connectivity index is 0.00000363. The maximum Gasteiger partial charge on any atom is 1.00 e. The molecule has 0 bridgehead atoms. The SMILES string of the molecule is CCCCCCCCOc1ccc(N=Nc2ccc(S(=O)(=O)[O-])cc2)c2ccccc12.[Na+]. The zero-order chi connectivity index (χ0) is 22.1. The van der Waals surface area contributed by atoms with Crippen LogP contribution in [0.1, 0.15) is 45.4 Å². The van der Waals surface area contributed by atoms with Crippen molar-refractivity contribution in [2.45, 2.75) is 50.3 Å². The van der Waals surface area contributed by atoms with Crippen molar-refractivity contribution in [2.75, 3.05) is 6.61 Å². The number of hydrogen-bond donors (Lipinski definition) is 0. The molecule has 0 aliphatic heterocycles. The molecule has 0 saturated heterocycles. The van der Waals surface area contributed by atoms with Crippen LogP contribution >= 0.6 is 0 Å². The van der Waals surface area contributed by atoms with Gasteiger partial charge in [0.15, 0.2) is 0 Å². The molecular formula is C24H27N2NaO4S. The maximum atomic E-state index is 11.0. The van der Waals surface area contributed by atoms with Crippen LogP contribution in [0.15, 0.2) is 75.8 Å². The van der Waals surface area contributed by atoms with E-state index < -0.39 is 10.1 Å². The predicted molar refractivity (Wildman–Crippen MR) is 121 cm³/mol. The van der Waals surface area contributed by atoms with Gasteiger partial charge in [-0.2, -0.15) is 5.11 Å². The molecule has 164 valence electrons. The van der Waals surface area contributed by atoms with Gasteiger partial charge in [0, 0.05) is 10.8 Å². The van der Waals surface area contributed by atoms with E-state index in [1.165, 1.54) is 56.4 Å². The maximum absolute atomic E-state index is 11.0. The van der Waals surface area contributed by atoms with Crippen LogP contribution < -0.4 is 34.3 Å². The normalized spacial score (nSPS) is 11.6. The molecule has 0 unspecified atom stereocenters. The van der Waals surface area contributed by atoms with Crippen LogP contribution in [0.5, 0.6) is 5.75 Å². The first-order chi connectivity index (χ1) is 15.0. The van der Waals surface area contributed by atoms with E-state index >= 15 is 0 Å². The van der Waals surface area contributed by atoms with Crippen LogP contribution in [-0.2, 0) is 10.1 Å². The van der Waals surface area contributed by atoms with E-state index in [0.717, 1.165) is 22.9 Å². The molecular weight excluding hydrogens is 435 g/mol. The Kier molecular flexibility index (Phi) is 10.8. The van der Waals surface area contributed by atoms with Gasteiger partial charge in [-0.3, -0.25) is 0 Å². The predicted octanol–water partition coefficient (Wildman–Crippen LogP) is 3.90. The van der Waals surface area contributed by atoms with Gasteiger partial charge in [-0.25, -0.2) is 8.42 Å². The van der Waals surface area contributed by atoms with Gasteiger partial charge in [0.25, 0.3) is 0 Å². The number of unbranched alkanes of at least 4 members (excludes halogenated alkanes) is 5. The standard InChI is InChI=1S/C24H28N2O4S.Na/c1-2-3-4-5-6-9-18-30-24-17-16-23(21-10-7-8-11-22(21)24)26-25-19-12-14-20(15-13-19)31(27,28)29;/h7-8,10-17H,2-6,9,18H2,1H3,(H,27,28,29);/q;+1/p-1.